The molecule has 0 saturated carbocycles. The van der Waals surface area contributed by atoms with Gasteiger partial charge in [0.15, 0.2) is 5.54 Å². The van der Waals surface area contributed by atoms with E-state index in [1.165, 1.54) is 0 Å². The van der Waals surface area contributed by atoms with Gasteiger partial charge < -0.3 is 10.3 Å². The second-order valence-electron chi connectivity index (χ2n) is 8.12. The van der Waals surface area contributed by atoms with Crippen LogP contribution in [0.2, 0.25) is 5.02 Å². The number of hydrogen-bond acceptors (Lipinski definition) is 2. The first-order valence-corrected chi connectivity index (χ1v) is 10.5. The quantitative estimate of drug-likeness (QED) is 0.408. The Morgan fingerprint density at radius 3 is 2.67 bits per heavy atom. The highest BCUT2D eigenvalue weighted by Gasteiger charge is 2.54. The van der Waals surface area contributed by atoms with E-state index in [1.807, 2.05) is 55.5 Å². The van der Waals surface area contributed by atoms with Gasteiger partial charge in [-0.25, -0.2) is 0 Å². The van der Waals surface area contributed by atoms with E-state index in [2.05, 4.69) is 33.8 Å². The van der Waals surface area contributed by atoms with Gasteiger partial charge in [-0.2, -0.15) is 0 Å². The summed E-state index contributed by atoms with van der Waals surface area (Å²) in [5.41, 5.74) is 6.13. The van der Waals surface area contributed by atoms with E-state index in [1.54, 1.807) is 0 Å². The van der Waals surface area contributed by atoms with Crippen molar-refractivity contribution >= 4 is 34.1 Å². The van der Waals surface area contributed by atoms with Crippen LogP contribution in [0.15, 0.2) is 66.7 Å². The predicted molar refractivity (Wildman–Crippen MR) is 120 cm³/mol. The fourth-order valence-electron chi connectivity index (χ4n) is 5.19. The van der Waals surface area contributed by atoms with Crippen molar-refractivity contribution in [2.24, 2.45) is 0 Å². The molecule has 3 heterocycles. The van der Waals surface area contributed by atoms with Gasteiger partial charge in [0.05, 0.1) is 5.69 Å². The summed E-state index contributed by atoms with van der Waals surface area (Å²) in [4.78, 5) is 17.1. The maximum absolute atomic E-state index is 13.5. The smallest absolute Gasteiger partial charge is 0.255 e. The molecule has 1 spiro atoms. The van der Waals surface area contributed by atoms with Crippen molar-refractivity contribution < 1.29 is 4.79 Å². The summed E-state index contributed by atoms with van der Waals surface area (Å²) in [6, 6.07) is 22.3. The number of fused-ring (bicyclic) bond motifs is 6. The first-order chi connectivity index (χ1) is 14.6. The molecule has 4 nitrogen and oxygen atoms in total. The Bertz CT molecular complexity index is 1340. The zero-order valence-corrected chi connectivity index (χ0v) is 17.2. The lowest BCUT2D eigenvalue weighted by atomic mass is 9.76. The van der Waals surface area contributed by atoms with E-state index < -0.39 is 5.54 Å². The Kier molecular flexibility index (Phi) is 3.67. The number of aromatic nitrogens is 1. The van der Waals surface area contributed by atoms with Crippen LogP contribution in [0.1, 0.15) is 33.9 Å². The molecule has 30 heavy (non-hydrogen) atoms. The molecule has 148 valence electrons. The van der Waals surface area contributed by atoms with Gasteiger partial charge in [0.1, 0.15) is 0 Å². The number of hydrogen-bond donors (Lipinski definition) is 3. The van der Waals surface area contributed by atoms with Gasteiger partial charge in [0.25, 0.3) is 5.91 Å². The van der Waals surface area contributed by atoms with Gasteiger partial charge in [0.2, 0.25) is 0 Å². The minimum Gasteiger partial charge on any atom is -0.356 e. The van der Waals surface area contributed by atoms with Gasteiger partial charge in [0, 0.05) is 39.6 Å². The number of halogens is 1. The number of H-pyrrole nitrogens is 1. The summed E-state index contributed by atoms with van der Waals surface area (Å²) in [6.07, 6.45) is 0. The van der Waals surface area contributed by atoms with Crippen molar-refractivity contribution in [2.45, 2.75) is 18.4 Å². The van der Waals surface area contributed by atoms with E-state index in [9.17, 15) is 4.79 Å². The average molecular weight is 414 g/mol. The monoisotopic (exact) mass is 413 g/mol. The molecule has 6 rings (SSSR count). The van der Waals surface area contributed by atoms with Crippen LogP contribution in [0.5, 0.6) is 0 Å². The Labute approximate surface area is 179 Å². The first-order valence-electron chi connectivity index (χ1n) is 10.1. The van der Waals surface area contributed by atoms with Crippen LogP contribution in [-0.2, 0) is 10.3 Å². The Balaban J connectivity index is 1.68. The molecule has 2 atom stereocenters. The first kappa shape index (κ1) is 17.8. The number of aryl methyl sites for hydroxylation is 1. The molecule has 0 saturated heterocycles. The minimum absolute atomic E-state index is 0.0390. The van der Waals surface area contributed by atoms with Crippen molar-refractivity contribution in [2.75, 3.05) is 11.9 Å². The van der Waals surface area contributed by atoms with E-state index in [0.717, 1.165) is 49.6 Å². The molecular weight excluding hydrogens is 394 g/mol. The van der Waals surface area contributed by atoms with Gasteiger partial charge in [-0.3, -0.25) is 10.1 Å². The lowest BCUT2D eigenvalue weighted by molar-refractivity contribution is -0.120. The lowest BCUT2D eigenvalue weighted by Gasteiger charge is -2.37. The topological polar surface area (TPSA) is 56.9 Å². The SMILES string of the molecule is Cc1cccc2c1NC(=O)[C@]21NC[C@@H](c2ccccc2Cl)c2c1[nH]c1ccccc21. The highest BCUT2D eigenvalue weighted by molar-refractivity contribution is 6.31. The third-order valence-electron chi connectivity index (χ3n) is 6.58. The number of carbonyl (C=O) groups excluding carboxylic acids is 1. The van der Waals surface area contributed by atoms with Crippen LogP contribution in [0, 0.1) is 6.92 Å². The van der Waals surface area contributed by atoms with E-state index in [4.69, 9.17) is 11.6 Å². The molecule has 4 aromatic rings. The van der Waals surface area contributed by atoms with Crippen LogP contribution < -0.4 is 10.6 Å². The van der Waals surface area contributed by atoms with E-state index in [-0.39, 0.29) is 11.8 Å². The van der Waals surface area contributed by atoms with Gasteiger partial charge in [-0.1, -0.05) is 66.2 Å². The number of carbonyl (C=O) groups is 1. The highest BCUT2D eigenvalue weighted by Crippen LogP contribution is 2.50. The van der Waals surface area contributed by atoms with Gasteiger partial charge in [-0.15, -0.1) is 0 Å². The standard InChI is InChI=1S/C25H20ClN3O/c1-14-7-6-10-18-22(14)29-24(30)25(18)23-21(16-9-3-5-12-20(16)28-23)17(13-27-25)15-8-2-4-11-19(15)26/h2-12,17,27-28H,13H2,1H3,(H,29,30)/t17-,25-/m0/s1. The zero-order valence-electron chi connectivity index (χ0n) is 16.4. The van der Waals surface area contributed by atoms with Crippen molar-refractivity contribution in [3.05, 3.63) is 99.7 Å². The molecule has 0 bridgehead atoms. The molecule has 5 heteroatoms. The normalized spacial score (nSPS) is 22.2. The van der Waals surface area contributed by atoms with E-state index >= 15 is 0 Å². The third-order valence-corrected chi connectivity index (χ3v) is 6.92. The summed E-state index contributed by atoms with van der Waals surface area (Å²) >= 11 is 6.61. The Morgan fingerprint density at radius 1 is 1.00 bits per heavy atom. The lowest BCUT2D eigenvalue weighted by Crippen LogP contribution is -2.54. The summed E-state index contributed by atoms with van der Waals surface area (Å²) in [5.74, 6) is -0.00523. The second-order valence-corrected chi connectivity index (χ2v) is 8.52. The summed E-state index contributed by atoms with van der Waals surface area (Å²) < 4.78 is 0. The largest absolute Gasteiger partial charge is 0.356 e. The number of amides is 1. The number of anilines is 1. The van der Waals surface area contributed by atoms with Gasteiger partial charge in [-0.05, 0) is 35.7 Å². The fourth-order valence-corrected chi connectivity index (χ4v) is 5.46. The molecule has 2 aliphatic heterocycles. The predicted octanol–water partition coefficient (Wildman–Crippen LogP) is 5.06. The summed E-state index contributed by atoms with van der Waals surface area (Å²) in [5, 5.41) is 8.62. The van der Waals surface area contributed by atoms with Crippen LogP contribution in [0.4, 0.5) is 5.69 Å². The van der Waals surface area contributed by atoms with Crippen molar-refractivity contribution in [3.8, 4) is 0 Å². The molecule has 0 radical (unpaired) electrons. The molecule has 1 amide bonds. The fraction of sp³-hybridized carbons (Fsp3) is 0.160. The van der Waals surface area contributed by atoms with Crippen LogP contribution in [0.3, 0.4) is 0 Å². The zero-order chi connectivity index (χ0) is 20.5. The van der Waals surface area contributed by atoms with Crippen LogP contribution in [-0.4, -0.2) is 17.4 Å². The van der Waals surface area contributed by atoms with Crippen molar-refractivity contribution in [3.63, 3.8) is 0 Å². The average Bonchev–Trinajstić information content (AvgIpc) is 3.28. The molecule has 1 aromatic heterocycles. The molecular formula is C25H20ClN3O. The molecule has 3 aromatic carbocycles. The molecule has 0 aliphatic carbocycles. The number of para-hydroxylation sites is 2. The molecule has 0 fully saturated rings. The molecule has 3 N–H and O–H groups in total. The summed E-state index contributed by atoms with van der Waals surface area (Å²) in [7, 11) is 0. The third kappa shape index (κ3) is 2.18. The molecule has 0 unspecified atom stereocenters. The van der Waals surface area contributed by atoms with Crippen molar-refractivity contribution in [1.29, 1.82) is 0 Å². The number of aromatic amines is 1. The van der Waals surface area contributed by atoms with Crippen LogP contribution in [0.25, 0.3) is 10.9 Å². The number of nitrogens with one attached hydrogen (secondary N) is 3. The maximum atomic E-state index is 13.5. The number of benzene rings is 3. The highest BCUT2D eigenvalue weighted by atomic mass is 35.5. The summed E-state index contributed by atoms with van der Waals surface area (Å²) in [6.45, 7) is 2.64. The van der Waals surface area contributed by atoms with Crippen molar-refractivity contribution in [1.82, 2.24) is 10.3 Å². The Hall–Kier alpha value is -3.08. The minimum atomic E-state index is -0.937. The van der Waals surface area contributed by atoms with Crippen LogP contribution >= 0.6 is 11.6 Å². The second kappa shape index (κ2) is 6.21. The van der Waals surface area contributed by atoms with E-state index in [0.29, 0.717) is 6.54 Å². The number of rotatable bonds is 1. The Morgan fingerprint density at radius 2 is 1.80 bits per heavy atom. The maximum Gasteiger partial charge on any atom is 0.255 e. The van der Waals surface area contributed by atoms with Gasteiger partial charge >= 0.3 is 0 Å². The molecule has 2 aliphatic rings.